The third kappa shape index (κ3) is 4.52. The number of β-amino-alcohol motifs (C(OH)–C–C–N with tert-alkyl or cyclic N) is 1. The van der Waals surface area contributed by atoms with Crippen LogP contribution in [0.3, 0.4) is 0 Å². The second kappa shape index (κ2) is 6.49. The molecule has 0 aliphatic carbocycles. The fourth-order valence-corrected chi connectivity index (χ4v) is 2.40. The predicted octanol–water partition coefficient (Wildman–Crippen LogP) is 2.66. The summed E-state index contributed by atoms with van der Waals surface area (Å²) >= 11 is 0. The van der Waals surface area contributed by atoms with E-state index in [0.717, 1.165) is 18.9 Å². The zero-order valence-corrected chi connectivity index (χ0v) is 10.6. The maximum absolute atomic E-state index is 9.69. The number of hydrogen-bond donors (Lipinski definition) is 1. The summed E-state index contributed by atoms with van der Waals surface area (Å²) in [6.07, 6.45) is 6.03. The molecule has 0 radical (unpaired) electrons. The molecular weight excluding hydrogens is 186 g/mol. The van der Waals surface area contributed by atoms with Crippen LogP contribution < -0.4 is 0 Å². The van der Waals surface area contributed by atoms with Gasteiger partial charge < -0.3 is 5.11 Å². The molecule has 1 fully saturated rings. The number of rotatable bonds is 6. The molecule has 0 saturated carbocycles. The molecule has 0 aromatic rings. The van der Waals surface area contributed by atoms with E-state index in [2.05, 4.69) is 25.7 Å². The molecule has 1 aliphatic rings. The van der Waals surface area contributed by atoms with Gasteiger partial charge in [0.1, 0.15) is 0 Å². The number of aliphatic hydroxyl groups excluding tert-OH is 1. The Kier molecular flexibility index (Phi) is 5.62. The smallest absolute Gasteiger partial charge is 0.0682 e. The molecule has 2 atom stereocenters. The molecule has 0 aromatic heterocycles. The second-order valence-corrected chi connectivity index (χ2v) is 5.36. The average Bonchev–Trinajstić information content (AvgIpc) is 2.52. The second-order valence-electron chi connectivity index (χ2n) is 5.36. The van der Waals surface area contributed by atoms with Gasteiger partial charge in [0.05, 0.1) is 6.10 Å². The van der Waals surface area contributed by atoms with Gasteiger partial charge in [0.15, 0.2) is 0 Å². The maximum atomic E-state index is 9.69. The van der Waals surface area contributed by atoms with E-state index >= 15 is 0 Å². The first-order chi connectivity index (χ1) is 7.13. The van der Waals surface area contributed by atoms with Gasteiger partial charge in [0.2, 0.25) is 0 Å². The summed E-state index contributed by atoms with van der Waals surface area (Å²) in [5, 5.41) is 9.69. The van der Waals surface area contributed by atoms with Crippen molar-refractivity contribution in [1.82, 2.24) is 4.90 Å². The van der Waals surface area contributed by atoms with E-state index in [1.54, 1.807) is 0 Å². The third-order valence-corrected chi connectivity index (χ3v) is 3.39. The van der Waals surface area contributed by atoms with Crippen LogP contribution in [0.5, 0.6) is 0 Å². The number of likely N-dealkylation sites (tertiary alicyclic amines) is 1. The van der Waals surface area contributed by atoms with Crippen LogP contribution in [0.15, 0.2) is 0 Å². The highest BCUT2D eigenvalue weighted by molar-refractivity contribution is 4.84. The van der Waals surface area contributed by atoms with Crippen molar-refractivity contribution in [3.05, 3.63) is 0 Å². The quantitative estimate of drug-likeness (QED) is 0.733. The summed E-state index contributed by atoms with van der Waals surface area (Å²) in [7, 11) is 0. The molecule has 0 aromatic carbocycles. The molecule has 1 aliphatic heterocycles. The van der Waals surface area contributed by atoms with Crippen LogP contribution in [0.1, 0.15) is 52.9 Å². The Bertz CT molecular complexity index is 170. The van der Waals surface area contributed by atoms with Crippen molar-refractivity contribution < 1.29 is 5.11 Å². The summed E-state index contributed by atoms with van der Waals surface area (Å²) in [4.78, 5) is 2.50. The molecular formula is C13H27NO. The fraction of sp³-hybridized carbons (Fsp3) is 1.00. The number of aliphatic hydroxyl groups is 1. The predicted molar refractivity (Wildman–Crippen MR) is 65.0 cm³/mol. The van der Waals surface area contributed by atoms with Gasteiger partial charge in [0.25, 0.3) is 0 Å². The number of hydrogen-bond acceptors (Lipinski definition) is 2. The van der Waals surface area contributed by atoms with Gasteiger partial charge in [-0.15, -0.1) is 0 Å². The van der Waals surface area contributed by atoms with Crippen molar-refractivity contribution in [2.75, 3.05) is 13.1 Å². The van der Waals surface area contributed by atoms with E-state index in [1.165, 1.54) is 32.2 Å². The summed E-state index contributed by atoms with van der Waals surface area (Å²) in [6.45, 7) is 8.86. The van der Waals surface area contributed by atoms with Crippen molar-refractivity contribution in [3.63, 3.8) is 0 Å². The Morgan fingerprint density at radius 1 is 1.40 bits per heavy atom. The maximum Gasteiger partial charge on any atom is 0.0682 e. The van der Waals surface area contributed by atoms with Crippen molar-refractivity contribution in [3.8, 4) is 0 Å². The molecule has 90 valence electrons. The summed E-state index contributed by atoms with van der Waals surface area (Å²) in [6, 6.07) is 0.652. The van der Waals surface area contributed by atoms with Crippen LogP contribution in [-0.4, -0.2) is 35.2 Å². The summed E-state index contributed by atoms with van der Waals surface area (Å²) < 4.78 is 0. The lowest BCUT2D eigenvalue weighted by atomic mass is 10.1. The van der Waals surface area contributed by atoms with Gasteiger partial charge in [0, 0.05) is 12.6 Å². The van der Waals surface area contributed by atoms with E-state index in [0.29, 0.717) is 6.04 Å². The van der Waals surface area contributed by atoms with Crippen LogP contribution in [-0.2, 0) is 0 Å². The van der Waals surface area contributed by atoms with Crippen molar-refractivity contribution in [1.29, 1.82) is 0 Å². The zero-order valence-electron chi connectivity index (χ0n) is 10.6. The summed E-state index contributed by atoms with van der Waals surface area (Å²) in [5.74, 6) is 0.773. The lowest BCUT2D eigenvalue weighted by molar-refractivity contribution is 0.171. The first-order valence-electron chi connectivity index (χ1n) is 6.55. The van der Waals surface area contributed by atoms with Gasteiger partial charge in [-0.1, -0.05) is 33.6 Å². The molecule has 0 unspecified atom stereocenters. The Balaban J connectivity index is 2.31. The first kappa shape index (κ1) is 13.0. The van der Waals surface area contributed by atoms with Crippen molar-refractivity contribution >= 4 is 0 Å². The monoisotopic (exact) mass is 213 g/mol. The van der Waals surface area contributed by atoms with Crippen LogP contribution in [0.25, 0.3) is 0 Å². The highest BCUT2D eigenvalue weighted by Crippen LogP contribution is 2.23. The molecule has 1 N–H and O–H groups in total. The van der Waals surface area contributed by atoms with E-state index in [1.807, 2.05) is 0 Å². The molecule has 2 nitrogen and oxygen atoms in total. The molecule has 2 heteroatoms. The average molecular weight is 213 g/mol. The molecule has 1 saturated heterocycles. The lowest BCUT2D eigenvalue weighted by Crippen LogP contribution is -2.31. The topological polar surface area (TPSA) is 23.5 Å². The Labute approximate surface area is 94.7 Å². The van der Waals surface area contributed by atoms with Crippen LogP contribution in [0, 0.1) is 5.92 Å². The zero-order chi connectivity index (χ0) is 11.3. The highest BCUT2D eigenvalue weighted by atomic mass is 16.3. The minimum absolute atomic E-state index is 0.0704. The Morgan fingerprint density at radius 2 is 2.13 bits per heavy atom. The van der Waals surface area contributed by atoms with Gasteiger partial charge in [-0.25, -0.2) is 0 Å². The van der Waals surface area contributed by atoms with Crippen LogP contribution in [0.4, 0.5) is 0 Å². The lowest BCUT2D eigenvalue weighted by Gasteiger charge is -2.24. The Hall–Kier alpha value is -0.0800. The summed E-state index contributed by atoms with van der Waals surface area (Å²) in [5.41, 5.74) is 0. The van der Waals surface area contributed by atoms with E-state index in [4.69, 9.17) is 0 Å². The van der Waals surface area contributed by atoms with Crippen molar-refractivity contribution in [2.24, 2.45) is 5.92 Å². The molecule has 1 heterocycles. The largest absolute Gasteiger partial charge is 0.392 e. The van der Waals surface area contributed by atoms with Gasteiger partial charge >= 0.3 is 0 Å². The van der Waals surface area contributed by atoms with E-state index < -0.39 is 0 Å². The molecule has 15 heavy (non-hydrogen) atoms. The fourth-order valence-electron chi connectivity index (χ4n) is 2.40. The first-order valence-corrected chi connectivity index (χ1v) is 6.55. The highest BCUT2D eigenvalue weighted by Gasteiger charge is 2.29. The third-order valence-electron chi connectivity index (χ3n) is 3.39. The van der Waals surface area contributed by atoms with Crippen molar-refractivity contribution in [2.45, 2.75) is 65.0 Å². The van der Waals surface area contributed by atoms with Gasteiger partial charge in [-0.05, 0) is 31.7 Å². The molecule has 0 bridgehead atoms. The number of unbranched alkanes of at least 4 members (excludes halogenated alkanes) is 1. The SMILES string of the molecule is CCCC[C@@H]1C[C@H](O)CN1CCC(C)C. The van der Waals surface area contributed by atoms with Crippen LogP contribution >= 0.6 is 0 Å². The van der Waals surface area contributed by atoms with Gasteiger partial charge in [-0.2, -0.15) is 0 Å². The number of nitrogens with zero attached hydrogens (tertiary/aromatic N) is 1. The van der Waals surface area contributed by atoms with Crippen LogP contribution in [0.2, 0.25) is 0 Å². The molecule has 0 amide bonds. The standard InChI is InChI=1S/C13H27NO/c1-4-5-6-12-9-13(15)10-14(12)8-7-11(2)3/h11-13,15H,4-10H2,1-3H3/t12-,13+/m1/s1. The minimum atomic E-state index is -0.0704. The minimum Gasteiger partial charge on any atom is -0.392 e. The molecule has 1 rings (SSSR count). The Morgan fingerprint density at radius 3 is 2.73 bits per heavy atom. The molecule has 0 spiro atoms. The normalized spacial score (nSPS) is 27.8. The van der Waals surface area contributed by atoms with E-state index in [-0.39, 0.29) is 6.10 Å². The van der Waals surface area contributed by atoms with Gasteiger partial charge in [-0.3, -0.25) is 4.90 Å². The van der Waals surface area contributed by atoms with E-state index in [9.17, 15) is 5.11 Å².